The summed E-state index contributed by atoms with van der Waals surface area (Å²) in [5.74, 6) is 2.02. The third-order valence-electron chi connectivity index (χ3n) is 4.91. The van der Waals surface area contributed by atoms with Crippen molar-refractivity contribution in [3.8, 4) is 11.8 Å². The van der Waals surface area contributed by atoms with Gasteiger partial charge in [-0.25, -0.2) is 17.6 Å². The molecule has 0 nitrogen and oxygen atoms in total. The maximum absolute atomic E-state index is 14.4. The highest BCUT2D eigenvalue weighted by atomic mass is 19.2. The van der Waals surface area contributed by atoms with E-state index in [9.17, 15) is 17.6 Å². The minimum Gasteiger partial charge on any atom is -0.206 e. The van der Waals surface area contributed by atoms with Crippen LogP contribution in [0.3, 0.4) is 0 Å². The van der Waals surface area contributed by atoms with Crippen LogP contribution in [0.15, 0.2) is 42.5 Å². The van der Waals surface area contributed by atoms with E-state index < -0.39 is 23.3 Å². The van der Waals surface area contributed by atoms with Crippen LogP contribution in [0.4, 0.5) is 17.6 Å². The Labute approximate surface area is 168 Å². The van der Waals surface area contributed by atoms with Gasteiger partial charge >= 0.3 is 0 Å². The molecule has 0 aromatic heterocycles. The van der Waals surface area contributed by atoms with Gasteiger partial charge in [-0.1, -0.05) is 56.6 Å². The molecule has 150 valence electrons. The Morgan fingerprint density at radius 3 is 2.17 bits per heavy atom. The third kappa shape index (κ3) is 5.17. The molecule has 0 aliphatic heterocycles. The van der Waals surface area contributed by atoms with Crippen LogP contribution in [0.5, 0.6) is 0 Å². The summed E-state index contributed by atoms with van der Waals surface area (Å²) in [7, 11) is 0. The SMILES string of the molecule is CCCCCCCc1cc(F)c(C#Cc2ccc3c(F)c(F)ccc3c2)c(F)c1. The van der Waals surface area contributed by atoms with Gasteiger partial charge in [0.15, 0.2) is 11.6 Å². The van der Waals surface area contributed by atoms with Gasteiger partial charge in [-0.2, -0.15) is 0 Å². The van der Waals surface area contributed by atoms with Gasteiger partial charge in [0.05, 0.1) is 5.56 Å². The van der Waals surface area contributed by atoms with Crippen molar-refractivity contribution in [1.82, 2.24) is 0 Å². The molecule has 0 saturated carbocycles. The first-order valence-corrected chi connectivity index (χ1v) is 9.87. The molecule has 0 aliphatic rings. The Morgan fingerprint density at radius 2 is 1.45 bits per heavy atom. The van der Waals surface area contributed by atoms with Crippen molar-refractivity contribution >= 4 is 10.8 Å². The van der Waals surface area contributed by atoms with Gasteiger partial charge in [0.2, 0.25) is 0 Å². The maximum atomic E-state index is 14.4. The van der Waals surface area contributed by atoms with Gasteiger partial charge in [-0.3, -0.25) is 0 Å². The molecule has 29 heavy (non-hydrogen) atoms. The molecular formula is C25H22F4. The molecule has 0 N–H and O–H groups in total. The Kier molecular flexibility index (Phi) is 6.93. The van der Waals surface area contributed by atoms with Crippen LogP contribution in [0.1, 0.15) is 55.7 Å². The molecule has 0 heterocycles. The fraction of sp³-hybridized carbons (Fsp3) is 0.280. The van der Waals surface area contributed by atoms with E-state index in [4.69, 9.17) is 0 Å². The number of halogens is 4. The van der Waals surface area contributed by atoms with Gasteiger partial charge < -0.3 is 0 Å². The molecule has 0 spiro atoms. The summed E-state index contributed by atoms with van der Waals surface area (Å²) >= 11 is 0. The van der Waals surface area contributed by atoms with Crippen molar-refractivity contribution in [2.45, 2.75) is 45.4 Å². The number of fused-ring (bicyclic) bond motifs is 1. The second-order valence-corrected chi connectivity index (χ2v) is 7.15. The van der Waals surface area contributed by atoms with Crippen molar-refractivity contribution < 1.29 is 17.6 Å². The molecule has 0 unspecified atom stereocenters. The summed E-state index contributed by atoms with van der Waals surface area (Å²) in [4.78, 5) is 0. The number of hydrogen-bond donors (Lipinski definition) is 0. The first-order chi connectivity index (χ1) is 14.0. The molecule has 3 aromatic carbocycles. The van der Waals surface area contributed by atoms with Gasteiger partial charge in [-0.15, -0.1) is 0 Å². The highest BCUT2D eigenvalue weighted by Crippen LogP contribution is 2.22. The maximum Gasteiger partial charge on any atom is 0.166 e. The summed E-state index contributed by atoms with van der Waals surface area (Å²) in [5.41, 5.74) is 0.803. The Hall–Kier alpha value is -2.80. The lowest BCUT2D eigenvalue weighted by atomic mass is 10.0. The van der Waals surface area contributed by atoms with E-state index in [2.05, 4.69) is 18.8 Å². The number of benzene rings is 3. The van der Waals surface area contributed by atoms with E-state index in [1.807, 2.05) is 0 Å². The number of aryl methyl sites for hydroxylation is 1. The van der Waals surface area contributed by atoms with Crippen molar-refractivity contribution in [3.63, 3.8) is 0 Å². The van der Waals surface area contributed by atoms with Crippen molar-refractivity contribution in [2.24, 2.45) is 0 Å². The molecule has 0 aliphatic carbocycles. The third-order valence-corrected chi connectivity index (χ3v) is 4.91. The normalized spacial score (nSPS) is 10.8. The lowest BCUT2D eigenvalue weighted by molar-refractivity contribution is 0.517. The number of rotatable bonds is 6. The molecule has 0 atom stereocenters. The highest BCUT2D eigenvalue weighted by molar-refractivity contribution is 5.84. The number of unbranched alkanes of at least 4 members (excludes halogenated alkanes) is 4. The van der Waals surface area contributed by atoms with Crippen LogP contribution >= 0.6 is 0 Å². The van der Waals surface area contributed by atoms with E-state index in [1.54, 1.807) is 6.07 Å². The largest absolute Gasteiger partial charge is 0.206 e. The quantitative estimate of drug-likeness (QED) is 0.232. The zero-order chi connectivity index (χ0) is 20.8. The summed E-state index contributed by atoms with van der Waals surface area (Å²) in [5, 5.41) is 0.603. The highest BCUT2D eigenvalue weighted by Gasteiger charge is 2.10. The minimum absolute atomic E-state index is 0.135. The lowest BCUT2D eigenvalue weighted by Crippen LogP contribution is -1.95. The fourth-order valence-corrected chi connectivity index (χ4v) is 3.30. The predicted molar refractivity (Wildman–Crippen MR) is 109 cm³/mol. The molecule has 0 saturated heterocycles. The van der Waals surface area contributed by atoms with Crippen LogP contribution in [-0.4, -0.2) is 0 Å². The van der Waals surface area contributed by atoms with Crippen molar-refractivity contribution in [3.05, 3.63) is 82.4 Å². The fourth-order valence-electron chi connectivity index (χ4n) is 3.30. The van der Waals surface area contributed by atoms with Gasteiger partial charge in [-0.05, 0) is 54.1 Å². The lowest BCUT2D eigenvalue weighted by Gasteiger charge is -2.05. The summed E-state index contributed by atoms with van der Waals surface area (Å²) in [6.07, 6.45) is 6.04. The molecule has 0 bridgehead atoms. The van der Waals surface area contributed by atoms with Gasteiger partial charge in [0.25, 0.3) is 0 Å². The van der Waals surface area contributed by atoms with Gasteiger partial charge in [0, 0.05) is 10.9 Å². The van der Waals surface area contributed by atoms with Crippen molar-refractivity contribution in [2.75, 3.05) is 0 Å². The zero-order valence-electron chi connectivity index (χ0n) is 16.3. The average Bonchev–Trinajstić information content (AvgIpc) is 2.70. The smallest absolute Gasteiger partial charge is 0.166 e. The molecule has 0 radical (unpaired) electrons. The minimum atomic E-state index is -0.926. The van der Waals surface area contributed by atoms with E-state index >= 15 is 0 Å². The van der Waals surface area contributed by atoms with Crippen LogP contribution in [0.2, 0.25) is 0 Å². The molecule has 4 heteroatoms. The zero-order valence-corrected chi connectivity index (χ0v) is 16.3. The van der Waals surface area contributed by atoms with Crippen LogP contribution in [-0.2, 0) is 6.42 Å². The van der Waals surface area contributed by atoms with Crippen LogP contribution in [0, 0.1) is 35.1 Å². The summed E-state index contributed by atoms with van der Waals surface area (Å²) < 4.78 is 55.8. The Bertz CT molecular complexity index is 1050. The molecule has 0 amide bonds. The first-order valence-electron chi connectivity index (χ1n) is 9.87. The number of hydrogen-bond acceptors (Lipinski definition) is 0. The van der Waals surface area contributed by atoms with Crippen LogP contribution < -0.4 is 0 Å². The second kappa shape index (κ2) is 9.60. The molecular weight excluding hydrogens is 376 g/mol. The van der Waals surface area contributed by atoms with E-state index in [0.29, 0.717) is 22.9 Å². The average molecular weight is 398 g/mol. The topological polar surface area (TPSA) is 0 Å². The van der Waals surface area contributed by atoms with E-state index in [-0.39, 0.29) is 10.9 Å². The first kappa shape index (κ1) is 20.9. The van der Waals surface area contributed by atoms with Crippen LogP contribution in [0.25, 0.3) is 10.8 Å². The van der Waals surface area contributed by atoms with E-state index in [1.165, 1.54) is 36.8 Å². The van der Waals surface area contributed by atoms with E-state index in [0.717, 1.165) is 31.7 Å². The summed E-state index contributed by atoms with van der Waals surface area (Å²) in [6, 6.07) is 9.62. The Balaban J connectivity index is 1.78. The standard InChI is InChI=1S/C25H22F4/c1-2-3-4-5-6-7-18-15-23(27)21(24(28)16-18)12-9-17-8-11-20-19(14-17)10-13-22(26)25(20)29/h8,10-11,13-16H,2-7H2,1H3. The summed E-state index contributed by atoms with van der Waals surface area (Å²) in [6.45, 7) is 2.14. The molecule has 3 rings (SSSR count). The predicted octanol–water partition coefficient (Wildman–Crippen LogP) is 7.31. The molecule has 3 aromatic rings. The second-order valence-electron chi connectivity index (χ2n) is 7.15. The Morgan fingerprint density at radius 1 is 0.724 bits per heavy atom. The van der Waals surface area contributed by atoms with Crippen molar-refractivity contribution in [1.29, 1.82) is 0 Å². The monoisotopic (exact) mass is 398 g/mol. The molecule has 0 fully saturated rings. The van der Waals surface area contributed by atoms with Gasteiger partial charge in [0.1, 0.15) is 11.6 Å².